The molecule has 0 fully saturated rings. The summed E-state index contributed by atoms with van der Waals surface area (Å²) in [7, 11) is -3.53. The number of sulfonamides is 1. The van der Waals surface area contributed by atoms with Crippen molar-refractivity contribution in [3.8, 4) is 0 Å². The van der Waals surface area contributed by atoms with Crippen LogP contribution in [0.25, 0.3) is 0 Å². The van der Waals surface area contributed by atoms with Crippen LogP contribution >= 0.6 is 22.6 Å². The van der Waals surface area contributed by atoms with Crippen LogP contribution in [-0.2, 0) is 10.0 Å². The Kier molecular flexibility index (Phi) is 4.15. The molecule has 0 spiro atoms. The number of aryl methyl sites for hydroxylation is 2. The summed E-state index contributed by atoms with van der Waals surface area (Å²) in [5.74, 6) is 0. The van der Waals surface area contributed by atoms with Gasteiger partial charge in [-0.25, -0.2) is 8.42 Å². The maximum absolute atomic E-state index is 12.3. The fourth-order valence-electron chi connectivity index (χ4n) is 1.86. The normalized spacial score (nSPS) is 11.3. The van der Waals surface area contributed by atoms with Crippen molar-refractivity contribution in [1.29, 1.82) is 0 Å². The summed E-state index contributed by atoms with van der Waals surface area (Å²) in [4.78, 5) is 0.317. The average Bonchev–Trinajstić information content (AvgIpc) is 2.27. The van der Waals surface area contributed by atoms with Gasteiger partial charge in [0.15, 0.2) is 0 Å². The number of benzene rings is 2. The largest absolute Gasteiger partial charge is 0.280 e. The van der Waals surface area contributed by atoms with Crippen LogP contribution in [0.4, 0.5) is 5.69 Å². The molecule has 0 saturated heterocycles. The highest BCUT2D eigenvalue weighted by Crippen LogP contribution is 2.21. The fourth-order valence-corrected chi connectivity index (χ4v) is 3.68. The van der Waals surface area contributed by atoms with Gasteiger partial charge in [-0.3, -0.25) is 4.72 Å². The number of halogens is 1. The van der Waals surface area contributed by atoms with Crippen molar-refractivity contribution in [3.63, 3.8) is 0 Å². The molecule has 1 N–H and O–H groups in total. The predicted octanol–water partition coefficient (Wildman–Crippen LogP) is 3.71. The van der Waals surface area contributed by atoms with Crippen molar-refractivity contribution in [3.05, 3.63) is 57.2 Å². The molecule has 0 saturated carbocycles. The van der Waals surface area contributed by atoms with Gasteiger partial charge in [0, 0.05) is 9.26 Å². The summed E-state index contributed by atoms with van der Waals surface area (Å²) in [6.07, 6.45) is 0. The highest BCUT2D eigenvalue weighted by atomic mass is 127. The van der Waals surface area contributed by atoms with Gasteiger partial charge in [-0.15, -0.1) is 0 Å². The monoisotopic (exact) mass is 387 g/mol. The molecular weight excluding hydrogens is 373 g/mol. The molecule has 0 unspecified atom stereocenters. The first-order valence-electron chi connectivity index (χ1n) is 5.74. The van der Waals surface area contributed by atoms with Gasteiger partial charge in [-0.1, -0.05) is 23.8 Å². The van der Waals surface area contributed by atoms with Gasteiger partial charge >= 0.3 is 0 Å². The lowest BCUT2D eigenvalue weighted by Crippen LogP contribution is -2.14. The smallest absolute Gasteiger partial charge is 0.262 e. The second-order valence-corrected chi connectivity index (χ2v) is 7.28. The van der Waals surface area contributed by atoms with Crippen LogP contribution in [0, 0.1) is 17.4 Å². The van der Waals surface area contributed by atoms with E-state index in [1.807, 2.05) is 25.1 Å². The standard InChI is InChI=1S/C14H14INO2S/c1-10-6-7-14(11(2)8-10)19(17,18)16-13-5-3-4-12(15)9-13/h3-9,16H,1-2H3. The number of anilines is 1. The lowest BCUT2D eigenvalue weighted by molar-refractivity contribution is 0.600. The Bertz CT molecular complexity index is 711. The van der Waals surface area contributed by atoms with Crippen LogP contribution in [0.2, 0.25) is 0 Å². The summed E-state index contributed by atoms with van der Waals surface area (Å²) >= 11 is 2.15. The Morgan fingerprint density at radius 3 is 2.42 bits per heavy atom. The van der Waals surface area contributed by atoms with Gasteiger partial charge in [-0.05, 0) is 66.3 Å². The lowest BCUT2D eigenvalue weighted by atomic mass is 10.2. The second-order valence-electron chi connectivity index (χ2n) is 4.38. The molecule has 19 heavy (non-hydrogen) atoms. The first-order chi connectivity index (χ1) is 8.88. The number of hydrogen-bond acceptors (Lipinski definition) is 2. The van der Waals surface area contributed by atoms with Crippen molar-refractivity contribution in [2.75, 3.05) is 4.72 Å². The topological polar surface area (TPSA) is 46.2 Å². The van der Waals surface area contributed by atoms with Gasteiger partial charge in [-0.2, -0.15) is 0 Å². The Morgan fingerprint density at radius 2 is 1.79 bits per heavy atom. The zero-order valence-corrected chi connectivity index (χ0v) is 13.6. The molecule has 0 heterocycles. The van der Waals surface area contributed by atoms with E-state index in [0.29, 0.717) is 10.6 Å². The van der Waals surface area contributed by atoms with Crippen LogP contribution in [-0.4, -0.2) is 8.42 Å². The van der Waals surface area contributed by atoms with E-state index < -0.39 is 10.0 Å². The van der Waals surface area contributed by atoms with Crippen molar-refractivity contribution >= 4 is 38.3 Å². The number of rotatable bonds is 3. The SMILES string of the molecule is Cc1ccc(S(=O)(=O)Nc2cccc(I)c2)c(C)c1. The zero-order chi connectivity index (χ0) is 14.0. The molecule has 0 bridgehead atoms. The molecular formula is C14H14INO2S. The van der Waals surface area contributed by atoms with E-state index in [1.54, 1.807) is 31.2 Å². The first-order valence-corrected chi connectivity index (χ1v) is 8.30. The molecule has 0 amide bonds. The second kappa shape index (κ2) is 5.50. The van der Waals surface area contributed by atoms with E-state index in [4.69, 9.17) is 0 Å². The van der Waals surface area contributed by atoms with E-state index in [-0.39, 0.29) is 0 Å². The van der Waals surface area contributed by atoms with Crippen LogP contribution < -0.4 is 4.72 Å². The van der Waals surface area contributed by atoms with E-state index in [9.17, 15) is 8.42 Å². The maximum Gasteiger partial charge on any atom is 0.262 e. The molecule has 2 aromatic carbocycles. The van der Waals surface area contributed by atoms with Crippen LogP contribution in [0.3, 0.4) is 0 Å². The Balaban J connectivity index is 2.38. The van der Waals surface area contributed by atoms with Gasteiger partial charge in [0.2, 0.25) is 0 Å². The van der Waals surface area contributed by atoms with Gasteiger partial charge in [0.25, 0.3) is 10.0 Å². The molecule has 0 aromatic heterocycles. The summed E-state index contributed by atoms with van der Waals surface area (Å²) in [5.41, 5.74) is 2.37. The summed E-state index contributed by atoms with van der Waals surface area (Å²) < 4.78 is 28.3. The first kappa shape index (κ1) is 14.3. The van der Waals surface area contributed by atoms with Crippen molar-refractivity contribution in [2.45, 2.75) is 18.7 Å². The quantitative estimate of drug-likeness (QED) is 0.817. The predicted molar refractivity (Wildman–Crippen MR) is 85.9 cm³/mol. The Labute approximate surface area is 127 Å². The Morgan fingerprint density at radius 1 is 1.05 bits per heavy atom. The van der Waals surface area contributed by atoms with E-state index in [0.717, 1.165) is 14.7 Å². The molecule has 2 aromatic rings. The van der Waals surface area contributed by atoms with Gasteiger partial charge < -0.3 is 0 Å². The molecule has 0 atom stereocenters. The van der Waals surface area contributed by atoms with Crippen LogP contribution in [0.1, 0.15) is 11.1 Å². The molecule has 100 valence electrons. The highest BCUT2D eigenvalue weighted by Gasteiger charge is 2.16. The highest BCUT2D eigenvalue weighted by molar-refractivity contribution is 14.1. The molecule has 0 aliphatic rings. The lowest BCUT2D eigenvalue weighted by Gasteiger charge is -2.11. The Hall–Kier alpha value is -1.08. The summed E-state index contributed by atoms with van der Waals surface area (Å²) in [6.45, 7) is 3.74. The number of hydrogen-bond donors (Lipinski definition) is 1. The van der Waals surface area contributed by atoms with Crippen molar-refractivity contribution in [2.24, 2.45) is 0 Å². The van der Waals surface area contributed by atoms with E-state index >= 15 is 0 Å². The van der Waals surface area contributed by atoms with E-state index in [2.05, 4.69) is 27.3 Å². The van der Waals surface area contributed by atoms with Crippen LogP contribution in [0.5, 0.6) is 0 Å². The molecule has 0 radical (unpaired) electrons. The van der Waals surface area contributed by atoms with Gasteiger partial charge in [0.05, 0.1) is 4.90 Å². The van der Waals surface area contributed by atoms with Gasteiger partial charge in [0.1, 0.15) is 0 Å². The van der Waals surface area contributed by atoms with E-state index in [1.165, 1.54) is 0 Å². The molecule has 2 rings (SSSR count). The number of nitrogens with one attached hydrogen (secondary N) is 1. The third-order valence-corrected chi connectivity index (χ3v) is 4.91. The van der Waals surface area contributed by atoms with Crippen molar-refractivity contribution in [1.82, 2.24) is 0 Å². The van der Waals surface area contributed by atoms with Crippen LogP contribution in [0.15, 0.2) is 47.4 Å². The average molecular weight is 387 g/mol. The minimum absolute atomic E-state index is 0.317. The third kappa shape index (κ3) is 3.48. The third-order valence-electron chi connectivity index (χ3n) is 2.70. The molecule has 0 aliphatic carbocycles. The fraction of sp³-hybridized carbons (Fsp3) is 0.143. The molecule has 3 nitrogen and oxygen atoms in total. The summed E-state index contributed by atoms with van der Waals surface area (Å²) in [5, 5.41) is 0. The maximum atomic E-state index is 12.3. The van der Waals surface area contributed by atoms with Crippen molar-refractivity contribution < 1.29 is 8.42 Å². The minimum Gasteiger partial charge on any atom is -0.280 e. The zero-order valence-electron chi connectivity index (χ0n) is 10.6. The summed E-state index contributed by atoms with van der Waals surface area (Å²) in [6, 6.07) is 12.6. The molecule has 0 aliphatic heterocycles. The minimum atomic E-state index is -3.53. The molecule has 5 heteroatoms.